The van der Waals surface area contributed by atoms with Gasteiger partial charge in [0.2, 0.25) is 0 Å². The van der Waals surface area contributed by atoms with Gasteiger partial charge in [0, 0.05) is 29.4 Å². The zero-order chi connectivity index (χ0) is 46.2. The molecular weight excluding hydrogens is 951 g/mol. The number of unbranched alkanes of at least 4 members (excludes halogenated alkanes) is 2. The van der Waals surface area contributed by atoms with Crippen LogP contribution in [0.4, 0.5) is 9.05 Å². The fourth-order valence-electron chi connectivity index (χ4n) is 6.28. The van der Waals surface area contributed by atoms with Gasteiger partial charge in [0.25, 0.3) is 40.5 Å². The van der Waals surface area contributed by atoms with Crippen LogP contribution in [0, 0.1) is 0 Å². The maximum atomic E-state index is 13.1. The Hall–Kier alpha value is -4.48. The highest BCUT2D eigenvalue weighted by atomic mass is 32.3. The van der Waals surface area contributed by atoms with Crippen molar-refractivity contribution in [3.8, 4) is 0 Å². The van der Waals surface area contributed by atoms with E-state index in [9.17, 15) is 42.7 Å². The first-order chi connectivity index (χ1) is 30.6. The Morgan fingerprint density at radius 1 is 0.281 bits per heavy atom. The molecule has 0 spiro atoms. The first-order valence-corrected chi connectivity index (χ1v) is 28.9. The minimum absolute atomic E-state index is 0.0290. The summed E-state index contributed by atoms with van der Waals surface area (Å²) in [6, 6.07) is 54.8. The molecule has 12 nitrogen and oxygen atoms in total. The van der Waals surface area contributed by atoms with Gasteiger partial charge in [0.05, 0.1) is 23.0 Å². The molecule has 20 heteroatoms. The molecule has 64 heavy (non-hydrogen) atoms. The smallest absolute Gasteiger partial charge is 0.207 e. The summed E-state index contributed by atoms with van der Waals surface area (Å²) in [5.41, 5.74) is 0. The molecule has 0 aliphatic carbocycles. The highest BCUT2D eigenvalue weighted by molar-refractivity contribution is 8.33. The van der Waals surface area contributed by atoms with Gasteiger partial charge in [-0.05, 0) is 128 Å². The van der Waals surface area contributed by atoms with E-state index < -0.39 is 84.1 Å². The summed E-state index contributed by atoms with van der Waals surface area (Å²) >= 11 is 0. The predicted molar refractivity (Wildman–Crippen MR) is 244 cm³/mol. The third-order valence-corrected chi connectivity index (χ3v) is 21.6. The van der Waals surface area contributed by atoms with Crippen LogP contribution in [-0.4, -0.2) is 56.7 Å². The molecule has 0 amide bonds. The molecule has 0 saturated heterocycles. The van der Waals surface area contributed by atoms with E-state index in [0.29, 0.717) is 29.4 Å². The molecule has 0 atom stereocenters. The molecule has 6 rings (SSSR count). The van der Waals surface area contributed by atoms with Crippen molar-refractivity contribution in [1.82, 2.24) is 0 Å². The third-order valence-electron chi connectivity index (χ3n) is 9.13. The van der Waals surface area contributed by atoms with Crippen LogP contribution in [0.25, 0.3) is 0 Å². The van der Waals surface area contributed by atoms with Gasteiger partial charge in [-0.15, -0.1) is 0 Å². The molecule has 0 aliphatic rings. The summed E-state index contributed by atoms with van der Waals surface area (Å²) < 4.78 is 139. The van der Waals surface area contributed by atoms with Crippen molar-refractivity contribution < 1.29 is 58.8 Å². The summed E-state index contributed by atoms with van der Waals surface area (Å²) in [5, 5.41) is 0. The summed E-state index contributed by atoms with van der Waals surface area (Å²) in [6.45, 7) is 0. The van der Waals surface area contributed by atoms with E-state index in [0.717, 1.165) is 0 Å². The van der Waals surface area contributed by atoms with Crippen LogP contribution < -0.4 is 0 Å². The van der Waals surface area contributed by atoms with Gasteiger partial charge in [-0.3, -0.25) is 0 Å². The van der Waals surface area contributed by atoms with Gasteiger partial charge in [0.15, 0.2) is 0 Å². The van der Waals surface area contributed by atoms with Gasteiger partial charge in [0.1, 0.15) is 0 Å². The van der Waals surface area contributed by atoms with E-state index in [1.807, 2.05) is 182 Å². The number of rotatable bonds is 22. The van der Waals surface area contributed by atoms with E-state index in [4.69, 9.17) is 7.26 Å². The van der Waals surface area contributed by atoms with E-state index in [1.54, 1.807) is 0 Å². The summed E-state index contributed by atoms with van der Waals surface area (Å²) in [4.78, 5) is 4.22. The first-order valence-electron chi connectivity index (χ1n) is 19.5. The lowest BCUT2D eigenvalue weighted by molar-refractivity contribution is 0.00286. The quantitative estimate of drug-likeness (QED) is 0.0590. The fourth-order valence-corrected chi connectivity index (χ4v) is 18.4. The fraction of sp³-hybridized carbons (Fsp3) is 0.182. The van der Waals surface area contributed by atoms with Crippen LogP contribution in [0.15, 0.2) is 211 Å². The molecule has 0 unspecified atom stereocenters. The molecular formula is C44H46F2O12S6. The van der Waals surface area contributed by atoms with Crippen molar-refractivity contribution in [2.45, 2.75) is 55.1 Å². The van der Waals surface area contributed by atoms with E-state index in [-0.39, 0.29) is 25.7 Å². The molecule has 0 aliphatic heterocycles. The van der Waals surface area contributed by atoms with Crippen molar-refractivity contribution in [2.75, 3.05) is 23.0 Å². The van der Waals surface area contributed by atoms with E-state index in [2.05, 4.69) is 8.78 Å². The van der Waals surface area contributed by atoms with Crippen molar-refractivity contribution >= 4 is 61.1 Å². The van der Waals surface area contributed by atoms with Crippen molar-refractivity contribution in [2.24, 2.45) is 0 Å². The molecule has 6 aromatic rings. The lowest BCUT2D eigenvalue weighted by Gasteiger charge is -2.39. The SMILES string of the molecule is O=S(=O)(CCCCS(=O)(=O)OS(c1ccccc1)(c1ccccc1)c1ccccc1)OF.O=S(=O)(CCCCS(=O)(=O)OS(c1ccccc1)(c1ccccc1)c1ccccc1)OF. The Morgan fingerprint density at radius 3 is 0.625 bits per heavy atom. The van der Waals surface area contributed by atoms with Gasteiger partial charge < -0.3 is 0 Å². The van der Waals surface area contributed by atoms with Crippen LogP contribution in [0.1, 0.15) is 25.7 Å². The Labute approximate surface area is 377 Å². The largest absolute Gasteiger partial charge is 0.297 e. The molecule has 0 aromatic heterocycles. The third kappa shape index (κ3) is 13.8. The molecule has 0 radical (unpaired) electrons. The molecule has 0 bridgehead atoms. The maximum absolute atomic E-state index is 13.1. The van der Waals surface area contributed by atoms with Gasteiger partial charge >= 0.3 is 0 Å². The molecule has 6 aromatic carbocycles. The number of hydrogen-bond acceptors (Lipinski definition) is 12. The first kappa shape index (κ1) is 50.5. The lowest BCUT2D eigenvalue weighted by Crippen LogP contribution is -2.17. The minimum atomic E-state index is -4.30. The lowest BCUT2D eigenvalue weighted by atomic mass is 10.4. The second-order valence-corrected chi connectivity index (χ2v) is 26.2. The molecule has 0 N–H and O–H groups in total. The Bertz CT molecular complexity index is 2410. The van der Waals surface area contributed by atoms with Crippen LogP contribution in [0.3, 0.4) is 0 Å². The normalized spacial score (nSPS) is 13.0. The van der Waals surface area contributed by atoms with E-state index in [1.165, 1.54) is 0 Å². The highest BCUT2D eigenvalue weighted by Crippen LogP contribution is 2.71. The summed E-state index contributed by atoms with van der Waals surface area (Å²) in [5.74, 6) is -2.08. The predicted octanol–water partition coefficient (Wildman–Crippen LogP) is 10.5. The molecule has 0 saturated carbocycles. The van der Waals surface area contributed by atoms with Crippen LogP contribution in [-0.2, 0) is 56.5 Å². The summed E-state index contributed by atoms with van der Waals surface area (Å²) in [6.07, 6.45) is -0.226. The zero-order valence-corrected chi connectivity index (χ0v) is 39.0. The Morgan fingerprint density at radius 2 is 0.453 bits per heavy atom. The maximum Gasteiger partial charge on any atom is 0.297 e. The van der Waals surface area contributed by atoms with E-state index >= 15 is 0 Å². The number of benzene rings is 6. The molecule has 0 heterocycles. The standard InChI is InChI=1S/2C22H23FO6S3/c2*23-28-30(24,25)18-10-11-19-31(26,27)29-32(20-12-4-1-5-13-20,21-14-6-2-7-15-21)22-16-8-3-9-17-22/h2*1-9,12-17H,10-11,18-19H2. The second-order valence-electron chi connectivity index (χ2n) is 13.7. The van der Waals surface area contributed by atoms with Crippen molar-refractivity contribution in [3.05, 3.63) is 182 Å². The summed E-state index contributed by atoms with van der Waals surface area (Å²) in [7, 11) is -22.1. The highest BCUT2D eigenvalue weighted by Gasteiger charge is 2.39. The van der Waals surface area contributed by atoms with Gasteiger partial charge in [-0.25, -0.2) is 7.26 Å². The molecule has 344 valence electrons. The zero-order valence-electron chi connectivity index (χ0n) is 34.1. The number of hydrogen-bond donors (Lipinski definition) is 0. The number of halogens is 2. The Kier molecular flexibility index (Phi) is 18.2. The van der Waals surface area contributed by atoms with Gasteiger partial charge in [-0.1, -0.05) is 118 Å². The van der Waals surface area contributed by atoms with Crippen molar-refractivity contribution in [1.29, 1.82) is 0 Å². The van der Waals surface area contributed by atoms with Gasteiger partial charge in [-0.2, -0.15) is 33.7 Å². The topological polar surface area (TPSA) is 173 Å². The van der Waals surface area contributed by atoms with Crippen molar-refractivity contribution in [3.63, 3.8) is 0 Å². The molecule has 0 fully saturated rings. The average molecular weight is 997 g/mol. The van der Waals surface area contributed by atoms with Crippen LogP contribution in [0.5, 0.6) is 0 Å². The van der Waals surface area contributed by atoms with Crippen LogP contribution >= 0.6 is 20.6 Å². The Balaban J connectivity index is 0.000000241. The minimum Gasteiger partial charge on any atom is -0.207 e. The average Bonchev–Trinajstić information content (AvgIpc) is 3.32. The monoisotopic (exact) mass is 996 g/mol. The second kappa shape index (κ2) is 23.1. The van der Waals surface area contributed by atoms with Crippen LogP contribution in [0.2, 0.25) is 0 Å².